The summed E-state index contributed by atoms with van der Waals surface area (Å²) in [7, 11) is 0. The molecule has 1 aliphatic heterocycles. The lowest BCUT2D eigenvalue weighted by molar-refractivity contribution is -0.133. The molecule has 0 aromatic carbocycles. The van der Waals surface area contributed by atoms with Crippen LogP contribution in [0.4, 0.5) is 0 Å². The Kier molecular flexibility index (Phi) is 5.98. The molecule has 0 saturated carbocycles. The Labute approximate surface area is 154 Å². The Bertz CT molecular complexity index is 758. The second-order valence-corrected chi connectivity index (χ2v) is 6.80. The fourth-order valence-electron chi connectivity index (χ4n) is 3.41. The first kappa shape index (κ1) is 18.5. The van der Waals surface area contributed by atoms with Crippen LogP contribution in [-0.2, 0) is 22.7 Å². The molecule has 26 heavy (non-hydrogen) atoms. The van der Waals surface area contributed by atoms with Crippen LogP contribution in [0.5, 0.6) is 0 Å². The lowest BCUT2D eigenvalue weighted by Gasteiger charge is -2.33. The van der Waals surface area contributed by atoms with E-state index in [0.717, 1.165) is 42.2 Å². The Morgan fingerprint density at radius 1 is 1.38 bits per heavy atom. The molecule has 140 valence electrons. The third-order valence-electron chi connectivity index (χ3n) is 4.71. The number of ether oxygens (including phenoxy) is 1. The van der Waals surface area contributed by atoms with Gasteiger partial charge in [-0.1, -0.05) is 0 Å². The fraction of sp³-hybridized carbons (Fsp3) is 0.579. The van der Waals surface area contributed by atoms with Crippen molar-refractivity contribution in [2.75, 3.05) is 19.7 Å². The van der Waals surface area contributed by atoms with E-state index in [9.17, 15) is 4.79 Å². The van der Waals surface area contributed by atoms with Crippen molar-refractivity contribution in [2.45, 2.75) is 52.7 Å². The highest BCUT2D eigenvalue weighted by Gasteiger charge is 2.27. The predicted octanol–water partition coefficient (Wildman–Crippen LogP) is 2.23. The van der Waals surface area contributed by atoms with Crippen molar-refractivity contribution >= 4 is 5.91 Å². The van der Waals surface area contributed by atoms with Crippen molar-refractivity contribution in [1.82, 2.24) is 24.6 Å². The number of amides is 1. The molecule has 1 aliphatic rings. The number of carbonyl (C=O) groups is 1. The second-order valence-electron chi connectivity index (χ2n) is 6.80. The molecule has 3 rings (SSSR count). The van der Waals surface area contributed by atoms with Gasteiger partial charge >= 0.3 is 0 Å². The van der Waals surface area contributed by atoms with Gasteiger partial charge in [-0.3, -0.25) is 9.48 Å². The zero-order valence-electron chi connectivity index (χ0n) is 15.8. The van der Waals surface area contributed by atoms with E-state index in [4.69, 9.17) is 4.74 Å². The predicted molar refractivity (Wildman–Crippen MR) is 97.6 cm³/mol. The Morgan fingerprint density at radius 2 is 2.23 bits per heavy atom. The first-order valence-electron chi connectivity index (χ1n) is 9.24. The van der Waals surface area contributed by atoms with Gasteiger partial charge in [0.2, 0.25) is 5.91 Å². The molecule has 0 radical (unpaired) electrons. The van der Waals surface area contributed by atoms with Gasteiger partial charge in [0.25, 0.3) is 0 Å². The van der Waals surface area contributed by atoms with Gasteiger partial charge in [0.15, 0.2) is 0 Å². The van der Waals surface area contributed by atoms with E-state index in [1.165, 1.54) is 0 Å². The minimum Gasteiger partial charge on any atom is -0.377 e. The van der Waals surface area contributed by atoms with Gasteiger partial charge in [-0.25, -0.2) is 9.97 Å². The van der Waals surface area contributed by atoms with E-state index in [0.29, 0.717) is 19.8 Å². The van der Waals surface area contributed by atoms with Crippen molar-refractivity contribution in [3.05, 3.63) is 41.2 Å². The summed E-state index contributed by atoms with van der Waals surface area (Å²) >= 11 is 0. The maximum absolute atomic E-state index is 12.7. The standard InChI is InChI=1S/C19H27N5O2/c1-4-26-13-17-10-20-15(3)21-19(17)16-6-5-8-23(11-16)18(25)12-24-9-7-14(2)22-24/h7,9-10,16H,4-6,8,11-13H2,1-3H3. The molecule has 1 amide bonds. The van der Waals surface area contributed by atoms with Crippen LogP contribution in [0.3, 0.4) is 0 Å². The van der Waals surface area contributed by atoms with Crippen molar-refractivity contribution in [3.8, 4) is 0 Å². The van der Waals surface area contributed by atoms with Crippen LogP contribution in [0.2, 0.25) is 0 Å². The molecule has 0 aliphatic carbocycles. The molecule has 2 aromatic rings. The molecule has 1 fully saturated rings. The number of aromatic nitrogens is 4. The van der Waals surface area contributed by atoms with E-state index in [1.54, 1.807) is 4.68 Å². The number of hydrogen-bond donors (Lipinski definition) is 0. The number of nitrogens with zero attached hydrogens (tertiary/aromatic N) is 5. The van der Waals surface area contributed by atoms with E-state index in [2.05, 4.69) is 15.1 Å². The van der Waals surface area contributed by atoms with Gasteiger partial charge in [0.05, 0.1) is 18.0 Å². The first-order valence-corrected chi connectivity index (χ1v) is 9.24. The summed E-state index contributed by atoms with van der Waals surface area (Å²) in [5.74, 6) is 1.09. The van der Waals surface area contributed by atoms with Crippen molar-refractivity contribution in [2.24, 2.45) is 0 Å². The molecular weight excluding hydrogens is 330 g/mol. The quantitative estimate of drug-likeness (QED) is 0.793. The van der Waals surface area contributed by atoms with E-state index in [-0.39, 0.29) is 18.4 Å². The number of rotatable bonds is 6. The molecule has 0 bridgehead atoms. The fourth-order valence-corrected chi connectivity index (χ4v) is 3.41. The molecule has 2 aromatic heterocycles. The summed E-state index contributed by atoms with van der Waals surface area (Å²) in [6, 6.07) is 1.91. The molecule has 3 heterocycles. The minimum atomic E-state index is 0.106. The summed E-state index contributed by atoms with van der Waals surface area (Å²) in [6.45, 7) is 8.75. The van der Waals surface area contributed by atoms with Gasteiger partial charge in [-0.2, -0.15) is 5.10 Å². The third-order valence-corrected chi connectivity index (χ3v) is 4.71. The lowest BCUT2D eigenvalue weighted by Crippen LogP contribution is -2.41. The van der Waals surface area contributed by atoms with Crippen molar-refractivity contribution in [1.29, 1.82) is 0 Å². The summed E-state index contributed by atoms with van der Waals surface area (Å²) in [5.41, 5.74) is 2.98. The normalized spacial score (nSPS) is 17.5. The van der Waals surface area contributed by atoms with Crippen LogP contribution in [0.1, 0.15) is 48.5 Å². The van der Waals surface area contributed by atoms with Crippen LogP contribution < -0.4 is 0 Å². The largest absolute Gasteiger partial charge is 0.377 e. The van der Waals surface area contributed by atoms with Crippen LogP contribution in [0.25, 0.3) is 0 Å². The van der Waals surface area contributed by atoms with E-state index in [1.807, 2.05) is 44.1 Å². The van der Waals surface area contributed by atoms with Crippen LogP contribution >= 0.6 is 0 Å². The van der Waals surface area contributed by atoms with Gasteiger partial charge < -0.3 is 9.64 Å². The van der Waals surface area contributed by atoms with Crippen molar-refractivity contribution in [3.63, 3.8) is 0 Å². The zero-order valence-corrected chi connectivity index (χ0v) is 15.8. The average Bonchev–Trinajstić information content (AvgIpc) is 3.05. The van der Waals surface area contributed by atoms with Crippen LogP contribution in [-0.4, -0.2) is 50.3 Å². The highest BCUT2D eigenvalue weighted by molar-refractivity contribution is 5.76. The summed E-state index contributed by atoms with van der Waals surface area (Å²) in [4.78, 5) is 23.6. The number of carbonyl (C=O) groups excluding carboxylic acids is 1. The van der Waals surface area contributed by atoms with Gasteiger partial charge in [0.1, 0.15) is 12.4 Å². The molecule has 0 N–H and O–H groups in total. The van der Waals surface area contributed by atoms with Crippen LogP contribution in [0, 0.1) is 13.8 Å². The Balaban J connectivity index is 1.71. The molecule has 7 heteroatoms. The number of aryl methyl sites for hydroxylation is 2. The first-order chi connectivity index (χ1) is 12.6. The van der Waals surface area contributed by atoms with Gasteiger partial charge in [-0.15, -0.1) is 0 Å². The summed E-state index contributed by atoms with van der Waals surface area (Å²) in [6.07, 6.45) is 5.72. The molecule has 1 atom stereocenters. The maximum Gasteiger partial charge on any atom is 0.244 e. The molecule has 1 saturated heterocycles. The molecule has 7 nitrogen and oxygen atoms in total. The Morgan fingerprint density at radius 3 is 2.96 bits per heavy atom. The van der Waals surface area contributed by atoms with Crippen LogP contribution in [0.15, 0.2) is 18.5 Å². The SMILES string of the molecule is CCOCc1cnc(C)nc1C1CCCN(C(=O)Cn2ccc(C)n2)C1. The lowest BCUT2D eigenvalue weighted by atomic mass is 9.92. The van der Waals surface area contributed by atoms with E-state index >= 15 is 0 Å². The Hall–Kier alpha value is -2.28. The molecule has 1 unspecified atom stereocenters. The number of piperidine rings is 1. The maximum atomic E-state index is 12.7. The number of likely N-dealkylation sites (tertiary alicyclic amines) is 1. The highest BCUT2D eigenvalue weighted by Crippen LogP contribution is 2.28. The van der Waals surface area contributed by atoms with E-state index < -0.39 is 0 Å². The van der Waals surface area contributed by atoms with Crippen molar-refractivity contribution < 1.29 is 9.53 Å². The smallest absolute Gasteiger partial charge is 0.244 e. The summed E-state index contributed by atoms with van der Waals surface area (Å²) in [5, 5.41) is 4.31. The number of hydrogen-bond acceptors (Lipinski definition) is 5. The molecule has 0 spiro atoms. The summed E-state index contributed by atoms with van der Waals surface area (Å²) < 4.78 is 7.28. The highest BCUT2D eigenvalue weighted by atomic mass is 16.5. The van der Waals surface area contributed by atoms with Gasteiger partial charge in [0, 0.05) is 43.6 Å². The molecular formula is C19H27N5O2. The minimum absolute atomic E-state index is 0.106. The van der Waals surface area contributed by atoms with Gasteiger partial charge in [-0.05, 0) is 39.7 Å². The monoisotopic (exact) mass is 357 g/mol. The third kappa shape index (κ3) is 4.46. The zero-order chi connectivity index (χ0) is 18.5. The average molecular weight is 357 g/mol. The second kappa shape index (κ2) is 8.40. The topological polar surface area (TPSA) is 73.1 Å².